The van der Waals surface area contributed by atoms with Gasteiger partial charge in [-0.05, 0) is 0 Å². The van der Waals surface area contributed by atoms with Crippen molar-refractivity contribution in [1.82, 2.24) is 0 Å². The van der Waals surface area contributed by atoms with Gasteiger partial charge in [0.25, 0.3) is 0 Å². The van der Waals surface area contributed by atoms with E-state index in [2.05, 4.69) is 10.8 Å². The minimum atomic E-state index is -1.73. The van der Waals surface area contributed by atoms with E-state index in [0.29, 0.717) is 13.2 Å². The summed E-state index contributed by atoms with van der Waals surface area (Å²) in [4.78, 5) is 8.40. The molecule has 0 amide bonds. The molecule has 0 bridgehead atoms. The lowest BCUT2D eigenvalue weighted by molar-refractivity contribution is 0.333. The van der Waals surface area contributed by atoms with Crippen LogP contribution in [0.3, 0.4) is 0 Å². The molecule has 44 valence electrons. The van der Waals surface area contributed by atoms with Crippen LogP contribution in [0.5, 0.6) is 0 Å². The van der Waals surface area contributed by atoms with Crippen LogP contribution in [0.25, 0.3) is 0 Å². The van der Waals surface area contributed by atoms with Crippen LogP contribution in [0.15, 0.2) is 0 Å². The molecule has 0 radical (unpaired) electrons. The second-order valence-corrected chi connectivity index (χ2v) is 2.11. The van der Waals surface area contributed by atoms with Crippen LogP contribution in [0.4, 0.5) is 0 Å². The van der Waals surface area contributed by atoms with E-state index in [9.17, 15) is 0 Å². The molecular weight excluding hydrogens is 113 g/mol. The van der Waals surface area contributed by atoms with Crippen molar-refractivity contribution in [2.75, 3.05) is 13.2 Å². The third-order valence-corrected chi connectivity index (χ3v) is 0.924. The van der Waals surface area contributed by atoms with E-state index >= 15 is 0 Å². The van der Waals surface area contributed by atoms with Gasteiger partial charge in [-0.1, -0.05) is 6.30 Å². The fourth-order valence-electron chi connectivity index (χ4n) is 0.177. The Hall–Kier alpha value is 0.180. The van der Waals surface area contributed by atoms with Gasteiger partial charge in [0.1, 0.15) is 8.00 Å². The highest BCUT2D eigenvalue weighted by molar-refractivity contribution is 7.44. The zero-order valence-corrected chi connectivity index (χ0v) is 5.05. The molecule has 0 rings (SSSR count). The Morgan fingerprint density at radius 2 is 2.43 bits per heavy atom. The summed E-state index contributed by atoms with van der Waals surface area (Å²) >= 11 is 0. The third kappa shape index (κ3) is 6.18. The van der Waals surface area contributed by atoms with Gasteiger partial charge in [-0.25, -0.2) is 0 Å². The van der Waals surface area contributed by atoms with Crippen molar-refractivity contribution < 1.29 is 9.42 Å². The Kier molecular flexibility index (Phi) is 4.45. The highest BCUT2D eigenvalue weighted by atomic mass is 31.1. The molecule has 1 atom stereocenters. The smallest absolute Gasteiger partial charge is 0.102 e. The second kappa shape index (κ2) is 4.34. The molecule has 0 fully saturated rings. The van der Waals surface area contributed by atoms with Gasteiger partial charge >= 0.3 is 0 Å². The van der Waals surface area contributed by atoms with Gasteiger partial charge in [0, 0.05) is 6.54 Å². The Labute approximate surface area is 43.6 Å². The number of hydrogen-bond acceptors (Lipinski definition) is 3. The molecular formula is C3H10NO2P. The summed E-state index contributed by atoms with van der Waals surface area (Å²) in [5.74, 6) is 0. The van der Waals surface area contributed by atoms with E-state index in [1.54, 1.807) is 0 Å². The molecule has 0 heterocycles. The molecule has 3 N–H and O–H groups in total. The number of hydrogen-bond donors (Lipinski definition) is 2. The highest BCUT2D eigenvalue weighted by Crippen LogP contribution is 2.11. The van der Waals surface area contributed by atoms with Crippen LogP contribution in [0.2, 0.25) is 0 Å². The van der Waals surface area contributed by atoms with Crippen LogP contribution in [0.1, 0.15) is 0 Å². The molecule has 0 aliphatic rings. The topological polar surface area (TPSA) is 55.5 Å². The fraction of sp³-hybridized carbons (Fsp3) is 0.667. The Morgan fingerprint density at radius 1 is 1.86 bits per heavy atom. The molecule has 0 aromatic carbocycles. The van der Waals surface area contributed by atoms with Crippen molar-refractivity contribution in [1.29, 1.82) is 0 Å². The van der Waals surface area contributed by atoms with Crippen LogP contribution in [-0.2, 0) is 4.52 Å². The maximum Gasteiger partial charge on any atom is 0.102 e. The van der Waals surface area contributed by atoms with Gasteiger partial charge in [-0.3, -0.25) is 0 Å². The number of rotatable bonds is 3. The number of nitrogens with two attached hydrogens (primary N) is 1. The normalized spacial score (nSPS) is 14.0. The van der Waals surface area contributed by atoms with Gasteiger partial charge < -0.3 is 15.2 Å². The maximum atomic E-state index is 8.40. The summed E-state index contributed by atoms with van der Waals surface area (Å²) in [5.41, 5.74) is 5.03. The Balaban J connectivity index is 2.82. The predicted octanol–water partition coefficient (Wildman–Crippen LogP) is -0.570. The maximum absolute atomic E-state index is 8.40. The van der Waals surface area contributed by atoms with Crippen molar-refractivity contribution in [2.45, 2.75) is 0 Å². The standard InChI is InChI=1S/C3H10NO2P/c1-7(5)6-3-2-4/h5,7H,1-4H2. The molecule has 0 aromatic rings. The van der Waals surface area contributed by atoms with Crippen LogP contribution < -0.4 is 5.73 Å². The Morgan fingerprint density at radius 3 is 2.57 bits per heavy atom. The zero-order chi connectivity index (χ0) is 5.70. The van der Waals surface area contributed by atoms with Crippen molar-refractivity contribution >= 4 is 14.3 Å². The summed E-state index contributed by atoms with van der Waals surface area (Å²) in [5, 5.41) is 0. The van der Waals surface area contributed by atoms with Crippen LogP contribution in [-0.4, -0.2) is 24.3 Å². The van der Waals surface area contributed by atoms with E-state index in [1.165, 1.54) is 0 Å². The summed E-state index contributed by atoms with van der Waals surface area (Å²) in [6.45, 7) is 0.860. The largest absolute Gasteiger partial charge is 0.355 e. The fourth-order valence-corrected chi connectivity index (χ4v) is 0.530. The molecule has 3 nitrogen and oxygen atoms in total. The molecule has 1 unspecified atom stereocenters. The predicted molar refractivity (Wildman–Crippen MR) is 32.7 cm³/mol. The summed E-state index contributed by atoms with van der Waals surface area (Å²) in [6.07, 6.45) is 3.26. The van der Waals surface area contributed by atoms with Gasteiger partial charge in [-0.15, -0.1) is 0 Å². The molecule has 0 aliphatic carbocycles. The zero-order valence-electron chi connectivity index (χ0n) is 4.05. The quantitative estimate of drug-likeness (QED) is 0.494. The third-order valence-electron chi connectivity index (χ3n) is 0.387. The van der Waals surface area contributed by atoms with Crippen molar-refractivity contribution in [3.63, 3.8) is 0 Å². The van der Waals surface area contributed by atoms with Gasteiger partial charge in [-0.2, -0.15) is 0 Å². The van der Waals surface area contributed by atoms with Gasteiger partial charge in [0.15, 0.2) is 0 Å². The summed E-state index contributed by atoms with van der Waals surface area (Å²) < 4.78 is 4.61. The van der Waals surface area contributed by atoms with E-state index in [4.69, 9.17) is 10.6 Å². The van der Waals surface area contributed by atoms with Crippen molar-refractivity contribution in [3.05, 3.63) is 0 Å². The van der Waals surface area contributed by atoms with Gasteiger partial charge in [0.05, 0.1) is 6.61 Å². The lowest BCUT2D eigenvalue weighted by Gasteiger charge is -1.96. The molecule has 0 spiro atoms. The van der Waals surface area contributed by atoms with E-state index < -0.39 is 8.00 Å². The molecule has 0 aromatic heterocycles. The second-order valence-electron chi connectivity index (χ2n) is 1.03. The summed E-state index contributed by atoms with van der Waals surface area (Å²) in [7, 11) is -1.73. The van der Waals surface area contributed by atoms with Crippen molar-refractivity contribution in [3.8, 4) is 0 Å². The SMILES string of the molecule is C=[PH](O)OCCN. The summed E-state index contributed by atoms with van der Waals surface area (Å²) in [6, 6.07) is 0. The lowest BCUT2D eigenvalue weighted by atomic mass is 10.8. The average molecular weight is 123 g/mol. The highest BCUT2D eigenvalue weighted by Gasteiger charge is 1.79. The first-order valence-electron chi connectivity index (χ1n) is 1.98. The van der Waals surface area contributed by atoms with E-state index in [1.807, 2.05) is 0 Å². The first-order chi connectivity index (χ1) is 3.27. The minimum absolute atomic E-state index is 0.411. The van der Waals surface area contributed by atoms with Crippen LogP contribution in [0, 0.1) is 0 Å². The molecule has 0 aliphatic heterocycles. The first kappa shape index (κ1) is 7.18. The van der Waals surface area contributed by atoms with Crippen LogP contribution >= 0.6 is 8.00 Å². The average Bonchev–Trinajstić information content (AvgIpc) is 1.61. The van der Waals surface area contributed by atoms with Crippen molar-refractivity contribution in [2.24, 2.45) is 5.73 Å². The monoisotopic (exact) mass is 123 g/mol. The van der Waals surface area contributed by atoms with E-state index in [-0.39, 0.29) is 0 Å². The first-order valence-corrected chi connectivity index (χ1v) is 3.54. The van der Waals surface area contributed by atoms with E-state index in [0.717, 1.165) is 0 Å². The Bertz CT molecular complexity index is 66.0. The lowest BCUT2D eigenvalue weighted by Crippen LogP contribution is -2.04. The molecule has 7 heavy (non-hydrogen) atoms. The van der Waals surface area contributed by atoms with Gasteiger partial charge in [0.2, 0.25) is 0 Å². The molecule has 0 saturated carbocycles. The minimum Gasteiger partial charge on any atom is -0.355 e. The molecule has 4 heteroatoms. The molecule has 0 saturated heterocycles.